The van der Waals surface area contributed by atoms with E-state index in [0.717, 1.165) is 17.2 Å². The average Bonchev–Trinajstić information content (AvgIpc) is 2.61. The molecule has 2 aromatic rings. The SMILES string of the molecule is CCOC(=O)/C=C(\C=C\c1ccc(Cl)cc1)OS(=O)(=O)c1ccc(C)cc1. The minimum absolute atomic E-state index is 0.0113. The predicted molar refractivity (Wildman–Crippen MR) is 105 cm³/mol. The van der Waals surface area contributed by atoms with Gasteiger partial charge in [-0.1, -0.05) is 47.5 Å². The smallest absolute Gasteiger partial charge is 0.339 e. The molecular weight excluding hydrogens is 388 g/mol. The van der Waals surface area contributed by atoms with Crippen molar-refractivity contribution in [1.29, 1.82) is 0 Å². The second-order valence-electron chi connectivity index (χ2n) is 5.53. The molecule has 2 rings (SSSR count). The van der Waals surface area contributed by atoms with Crippen molar-refractivity contribution in [3.8, 4) is 0 Å². The second-order valence-corrected chi connectivity index (χ2v) is 7.52. The van der Waals surface area contributed by atoms with Gasteiger partial charge in [0.15, 0.2) is 0 Å². The van der Waals surface area contributed by atoms with Crippen LogP contribution in [0.15, 0.2) is 71.3 Å². The number of halogens is 1. The lowest BCUT2D eigenvalue weighted by Gasteiger charge is -2.08. The standard InChI is InChI=1S/C20H19ClO5S/c1-3-25-20(22)14-18(11-8-16-6-9-17(21)10-7-16)26-27(23,24)19-12-4-15(2)5-13-19/h4-14H,3H2,1-2H3/b11-8+,18-14+. The summed E-state index contributed by atoms with van der Waals surface area (Å²) >= 11 is 5.84. The van der Waals surface area contributed by atoms with Crippen LogP contribution < -0.4 is 0 Å². The lowest BCUT2D eigenvalue weighted by atomic mass is 10.2. The Morgan fingerprint density at radius 1 is 1.07 bits per heavy atom. The van der Waals surface area contributed by atoms with Gasteiger partial charge in [-0.05, 0) is 49.8 Å². The van der Waals surface area contributed by atoms with Crippen molar-refractivity contribution >= 4 is 33.8 Å². The number of esters is 1. The van der Waals surface area contributed by atoms with Crippen LogP contribution in [0.3, 0.4) is 0 Å². The number of rotatable bonds is 7. The van der Waals surface area contributed by atoms with Crippen molar-refractivity contribution in [2.24, 2.45) is 0 Å². The van der Waals surface area contributed by atoms with E-state index in [1.54, 1.807) is 49.4 Å². The van der Waals surface area contributed by atoms with E-state index in [9.17, 15) is 13.2 Å². The van der Waals surface area contributed by atoms with Crippen LogP contribution in [0.1, 0.15) is 18.1 Å². The third-order valence-electron chi connectivity index (χ3n) is 3.37. The van der Waals surface area contributed by atoms with E-state index < -0.39 is 16.1 Å². The highest BCUT2D eigenvalue weighted by atomic mass is 35.5. The van der Waals surface area contributed by atoms with Crippen LogP contribution in [0.25, 0.3) is 6.08 Å². The lowest BCUT2D eigenvalue weighted by Crippen LogP contribution is -2.08. The topological polar surface area (TPSA) is 69.7 Å². The summed E-state index contributed by atoms with van der Waals surface area (Å²) in [7, 11) is -4.10. The van der Waals surface area contributed by atoms with E-state index in [0.29, 0.717) is 5.02 Å². The van der Waals surface area contributed by atoms with Gasteiger partial charge in [0.1, 0.15) is 10.7 Å². The van der Waals surface area contributed by atoms with Gasteiger partial charge in [0.2, 0.25) is 0 Å². The molecule has 0 bridgehead atoms. The fraction of sp³-hybridized carbons (Fsp3) is 0.150. The minimum atomic E-state index is -4.10. The van der Waals surface area contributed by atoms with Crippen LogP contribution in [-0.2, 0) is 23.8 Å². The van der Waals surface area contributed by atoms with Gasteiger partial charge in [-0.15, -0.1) is 0 Å². The number of hydrogen-bond donors (Lipinski definition) is 0. The van der Waals surface area contributed by atoms with Crippen LogP contribution in [0.5, 0.6) is 0 Å². The molecule has 27 heavy (non-hydrogen) atoms. The first-order valence-corrected chi connectivity index (χ1v) is 9.92. The maximum Gasteiger partial charge on any atom is 0.339 e. The Morgan fingerprint density at radius 2 is 1.70 bits per heavy atom. The number of carbonyl (C=O) groups is 1. The Kier molecular flexibility index (Phi) is 7.21. The van der Waals surface area contributed by atoms with Gasteiger partial charge in [-0.25, -0.2) is 4.79 Å². The minimum Gasteiger partial charge on any atom is -0.463 e. The molecule has 0 saturated heterocycles. The number of hydrogen-bond acceptors (Lipinski definition) is 5. The molecule has 0 saturated carbocycles. The Bertz CT molecular complexity index is 943. The van der Waals surface area contributed by atoms with Crippen LogP contribution in [0.2, 0.25) is 5.02 Å². The molecule has 0 aliphatic rings. The molecule has 0 amide bonds. The molecule has 142 valence electrons. The molecule has 0 atom stereocenters. The Labute approximate surface area is 164 Å². The number of benzene rings is 2. The zero-order valence-corrected chi connectivity index (χ0v) is 16.5. The summed E-state index contributed by atoms with van der Waals surface area (Å²) < 4.78 is 34.9. The number of aryl methyl sites for hydroxylation is 1. The lowest BCUT2D eigenvalue weighted by molar-refractivity contribution is -0.137. The molecule has 5 nitrogen and oxygen atoms in total. The summed E-state index contributed by atoms with van der Waals surface area (Å²) in [6.45, 7) is 3.66. The van der Waals surface area contributed by atoms with Crippen molar-refractivity contribution in [2.75, 3.05) is 6.61 Å². The highest BCUT2D eigenvalue weighted by Crippen LogP contribution is 2.19. The largest absolute Gasteiger partial charge is 0.463 e. The van der Waals surface area contributed by atoms with E-state index >= 15 is 0 Å². The maximum absolute atomic E-state index is 12.5. The molecule has 0 N–H and O–H groups in total. The monoisotopic (exact) mass is 406 g/mol. The van der Waals surface area contributed by atoms with Gasteiger partial charge >= 0.3 is 16.1 Å². The van der Waals surface area contributed by atoms with E-state index in [2.05, 4.69) is 0 Å². The van der Waals surface area contributed by atoms with Gasteiger partial charge in [0.25, 0.3) is 0 Å². The van der Waals surface area contributed by atoms with E-state index in [1.807, 2.05) is 6.92 Å². The van der Waals surface area contributed by atoms with Gasteiger partial charge < -0.3 is 8.92 Å². The average molecular weight is 407 g/mol. The van der Waals surface area contributed by atoms with Crippen LogP contribution in [0, 0.1) is 6.92 Å². The Hall–Kier alpha value is -2.57. The number of carbonyl (C=O) groups excluding carboxylic acids is 1. The fourth-order valence-electron chi connectivity index (χ4n) is 2.03. The van der Waals surface area contributed by atoms with Gasteiger partial charge in [-0.2, -0.15) is 8.42 Å². The van der Waals surface area contributed by atoms with Crippen molar-refractivity contribution in [1.82, 2.24) is 0 Å². The fourth-order valence-corrected chi connectivity index (χ4v) is 3.08. The van der Waals surface area contributed by atoms with Crippen LogP contribution in [0.4, 0.5) is 0 Å². The quantitative estimate of drug-likeness (QED) is 0.222. The molecule has 0 fully saturated rings. The van der Waals surface area contributed by atoms with Gasteiger partial charge in [0, 0.05) is 5.02 Å². The van der Waals surface area contributed by atoms with Gasteiger partial charge in [-0.3, -0.25) is 0 Å². The van der Waals surface area contributed by atoms with Crippen molar-refractivity contribution < 1.29 is 22.1 Å². The number of ether oxygens (including phenoxy) is 1. The zero-order chi connectivity index (χ0) is 19.9. The van der Waals surface area contributed by atoms with Gasteiger partial charge in [0.05, 0.1) is 12.7 Å². The summed E-state index contributed by atoms with van der Waals surface area (Å²) in [5.41, 5.74) is 1.67. The Morgan fingerprint density at radius 3 is 2.30 bits per heavy atom. The zero-order valence-electron chi connectivity index (χ0n) is 14.9. The molecule has 0 spiro atoms. The second kappa shape index (κ2) is 9.39. The molecule has 2 aromatic carbocycles. The third kappa shape index (κ3) is 6.58. The molecule has 0 heterocycles. The molecular formula is C20H19ClO5S. The first kappa shape index (κ1) is 20.7. The predicted octanol–water partition coefficient (Wildman–Crippen LogP) is 4.51. The molecule has 0 aliphatic heterocycles. The summed E-state index contributed by atoms with van der Waals surface area (Å²) in [4.78, 5) is 11.7. The third-order valence-corrected chi connectivity index (χ3v) is 4.89. The van der Waals surface area contributed by atoms with E-state index in [-0.39, 0.29) is 17.3 Å². The molecule has 7 heteroatoms. The molecule has 0 aliphatic carbocycles. The number of allylic oxidation sites excluding steroid dienone is 1. The van der Waals surface area contributed by atoms with Crippen molar-refractivity contribution in [3.63, 3.8) is 0 Å². The molecule has 0 unspecified atom stereocenters. The normalized spacial score (nSPS) is 12.2. The van der Waals surface area contributed by atoms with E-state index in [1.165, 1.54) is 18.2 Å². The maximum atomic E-state index is 12.5. The van der Waals surface area contributed by atoms with Crippen molar-refractivity contribution in [2.45, 2.75) is 18.7 Å². The highest BCUT2D eigenvalue weighted by Gasteiger charge is 2.17. The summed E-state index contributed by atoms with van der Waals surface area (Å²) in [6.07, 6.45) is 3.97. The first-order chi connectivity index (χ1) is 12.8. The summed E-state index contributed by atoms with van der Waals surface area (Å²) in [5.74, 6) is -0.865. The highest BCUT2D eigenvalue weighted by molar-refractivity contribution is 7.86. The van der Waals surface area contributed by atoms with Crippen LogP contribution in [-0.4, -0.2) is 21.0 Å². The Balaban J connectivity index is 2.30. The summed E-state index contributed by atoms with van der Waals surface area (Å²) in [5, 5.41) is 0.577. The molecule has 0 aromatic heterocycles. The first-order valence-electron chi connectivity index (χ1n) is 8.13. The van der Waals surface area contributed by atoms with E-state index in [4.69, 9.17) is 20.5 Å². The van der Waals surface area contributed by atoms with Crippen molar-refractivity contribution in [3.05, 3.63) is 82.6 Å². The molecule has 0 radical (unpaired) electrons. The summed E-state index contributed by atoms with van der Waals surface area (Å²) in [6, 6.07) is 13.1. The van der Waals surface area contributed by atoms with Crippen LogP contribution >= 0.6 is 11.6 Å².